The summed E-state index contributed by atoms with van der Waals surface area (Å²) in [6.07, 6.45) is -6.94. The van der Waals surface area contributed by atoms with E-state index in [4.69, 9.17) is 4.74 Å². The predicted octanol–water partition coefficient (Wildman–Crippen LogP) is 2.54. The van der Waals surface area contributed by atoms with E-state index < -0.39 is 54.4 Å². The number of hydrogen-bond acceptors (Lipinski definition) is 4. The molecular weight excluding hydrogens is 353 g/mol. The van der Waals surface area contributed by atoms with Crippen molar-refractivity contribution in [2.45, 2.75) is 83.0 Å². The first kappa shape index (κ1) is 20.8. The van der Waals surface area contributed by atoms with Crippen LogP contribution in [-0.2, 0) is 9.53 Å². The number of likely N-dealkylation sites (N-methyl/N-ethyl adjacent to an activating group) is 1. The highest BCUT2D eigenvalue weighted by Crippen LogP contribution is 2.42. The maximum Gasteiger partial charge on any atom is 0.410 e. The van der Waals surface area contributed by atoms with Gasteiger partial charge in [-0.25, -0.2) is 4.79 Å². The topological polar surface area (TPSA) is 70.1 Å². The molecular formula is C17H27F3N2O4. The van der Waals surface area contributed by atoms with Gasteiger partial charge in [0.15, 0.2) is 0 Å². The summed E-state index contributed by atoms with van der Waals surface area (Å²) >= 11 is 0. The zero-order valence-electron chi connectivity index (χ0n) is 15.7. The van der Waals surface area contributed by atoms with Crippen molar-refractivity contribution in [3.05, 3.63) is 0 Å². The Morgan fingerprint density at radius 3 is 2.23 bits per heavy atom. The highest BCUT2D eigenvalue weighted by Gasteiger charge is 2.57. The second kappa shape index (κ2) is 6.90. The van der Waals surface area contributed by atoms with Gasteiger partial charge in [0.05, 0.1) is 24.2 Å². The summed E-state index contributed by atoms with van der Waals surface area (Å²) in [6, 6.07) is -2.03. The summed E-state index contributed by atoms with van der Waals surface area (Å²) in [6.45, 7) is 7.10. The van der Waals surface area contributed by atoms with Crippen molar-refractivity contribution in [1.29, 1.82) is 0 Å². The van der Waals surface area contributed by atoms with E-state index in [2.05, 4.69) is 0 Å². The van der Waals surface area contributed by atoms with Crippen molar-refractivity contribution < 1.29 is 32.6 Å². The molecule has 26 heavy (non-hydrogen) atoms. The molecule has 2 fully saturated rings. The van der Waals surface area contributed by atoms with Gasteiger partial charge in [0, 0.05) is 7.05 Å². The largest absolute Gasteiger partial charge is 0.444 e. The van der Waals surface area contributed by atoms with Crippen molar-refractivity contribution in [3.63, 3.8) is 0 Å². The third kappa shape index (κ3) is 4.42. The van der Waals surface area contributed by atoms with Gasteiger partial charge in [-0.2, -0.15) is 13.2 Å². The number of nitrogens with zero attached hydrogens (tertiary/aromatic N) is 2. The van der Waals surface area contributed by atoms with Crippen LogP contribution in [-0.4, -0.2) is 70.0 Å². The standard InChI is InChI=1S/C17H27F3N2O4/c1-9-6-10-13(21(5)12(23)8-17(18,19)20)14(24)11(7-9)22(10)15(25)26-16(2,3)4/h9-11,13-14,24H,6-8H2,1-5H3. The number of aliphatic hydroxyl groups is 1. The van der Waals surface area contributed by atoms with Crippen LogP contribution in [0, 0.1) is 5.92 Å². The molecule has 2 amide bonds. The van der Waals surface area contributed by atoms with Gasteiger partial charge in [-0.3, -0.25) is 9.69 Å². The minimum Gasteiger partial charge on any atom is -0.444 e. The molecule has 1 N–H and O–H groups in total. The van der Waals surface area contributed by atoms with Gasteiger partial charge in [0.25, 0.3) is 0 Å². The molecule has 6 nitrogen and oxygen atoms in total. The van der Waals surface area contributed by atoms with Gasteiger partial charge < -0.3 is 14.7 Å². The smallest absolute Gasteiger partial charge is 0.410 e. The van der Waals surface area contributed by atoms with Crippen LogP contribution in [0.1, 0.15) is 47.0 Å². The van der Waals surface area contributed by atoms with Gasteiger partial charge in [-0.05, 0) is 39.5 Å². The Labute approximate surface area is 151 Å². The van der Waals surface area contributed by atoms with Crippen LogP contribution in [0.4, 0.5) is 18.0 Å². The van der Waals surface area contributed by atoms with Crippen LogP contribution < -0.4 is 0 Å². The maximum absolute atomic E-state index is 12.6. The molecule has 0 aromatic carbocycles. The Hall–Kier alpha value is -1.51. The molecule has 0 saturated carbocycles. The van der Waals surface area contributed by atoms with E-state index in [1.165, 1.54) is 11.9 Å². The van der Waals surface area contributed by atoms with E-state index in [0.29, 0.717) is 12.8 Å². The number of ether oxygens (including phenoxy) is 1. The normalized spacial score (nSPS) is 31.7. The average molecular weight is 380 g/mol. The van der Waals surface area contributed by atoms with E-state index in [1.54, 1.807) is 20.8 Å². The second-order valence-corrected chi connectivity index (χ2v) is 8.38. The lowest BCUT2D eigenvalue weighted by Gasteiger charge is -2.39. The number of halogens is 3. The number of fused-ring (bicyclic) bond motifs is 2. The summed E-state index contributed by atoms with van der Waals surface area (Å²) < 4.78 is 43.1. The Kier molecular flexibility index (Phi) is 5.52. The number of alkyl halides is 3. The Balaban J connectivity index is 2.25. The Morgan fingerprint density at radius 2 is 1.73 bits per heavy atom. The second-order valence-electron chi connectivity index (χ2n) is 8.38. The van der Waals surface area contributed by atoms with E-state index in [0.717, 1.165) is 4.90 Å². The summed E-state index contributed by atoms with van der Waals surface area (Å²) in [4.78, 5) is 27.0. The molecule has 2 saturated heterocycles. The Morgan fingerprint density at radius 1 is 1.19 bits per heavy atom. The van der Waals surface area contributed by atoms with E-state index in [9.17, 15) is 27.9 Å². The molecule has 2 bridgehead atoms. The van der Waals surface area contributed by atoms with Crippen molar-refractivity contribution in [2.75, 3.05) is 7.05 Å². The predicted molar refractivity (Wildman–Crippen MR) is 87.3 cm³/mol. The number of piperidine rings is 1. The zero-order chi connectivity index (χ0) is 20.0. The molecule has 5 atom stereocenters. The first-order chi connectivity index (χ1) is 11.7. The van der Waals surface area contributed by atoms with Crippen molar-refractivity contribution in [3.8, 4) is 0 Å². The number of rotatable bonds is 2. The maximum atomic E-state index is 12.6. The first-order valence-electron chi connectivity index (χ1n) is 8.73. The number of hydrogen-bond donors (Lipinski definition) is 1. The molecule has 0 aromatic rings. The molecule has 150 valence electrons. The van der Waals surface area contributed by atoms with Crippen LogP contribution >= 0.6 is 0 Å². The van der Waals surface area contributed by atoms with Crippen LogP contribution in [0.15, 0.2) is 0 Å². The van der Waals surface area contributed by atoms with E-state index in [1.807, 2.05) is 6.92 Å². The molecule has 0 aliphatic carbocycles. The van der Waals surface area contributed by atoms with Crippen molar-refractivity contribution in [2.24, 2.45) is 5.92 Å². The Bertz CT molecular complexity index is 561. The van der Waals surface area contributed by atoms with Gasteiger partial charge >= 0.3 is 12.3 Å². The fraction of sp³-hybridized carbons (Fsp3) is 0.882. The van der Waals surface area contributed by atoms with Gasteiger partial charge in [0.2, 0.25) is 5.91 Å². The molecule has 2 aliphatic heterocycles. The van der Waals surface area contributed by atoms with Crippen LogP contribution in [0.5, 0.6) is 0 Å². The molecule has 0 radical (unpaired) electrons. The fourth-order valence-electron chi connectivity index (χ4n) is 3.99. The average Bonchev–Trinajstić information content (AvgIpc) is 2.60. The van der Waals surface area contributed by atoms with Crippen LogP contribution in [0.25, 0.3) is 0 Å². The summed E-state index contributed by atoms with van der Waals surface area (Å²) in [5, 5.41) is 10.7. The summed E-state index contributed by atoms with van der Waals surface area (Å²) in [7, 11) is 1.25. The van der Waals surface area contributed by atoms with Gasteiger partial charge in [0.1, 0.15) is 12.0 Å². The highest BCUT2D eigenvalue weighted by molar-refractivity contribution is 5.77. The third-order valence-electron chi connectivity index (χ3n) is 4.94. The molecule has 2 aliphatic rings. The first-order valence-corrected chi connectivity index (χ1v) is 8.73. The lowest BCUT2D eigenvalue weighted by Crippen LogP contribution is -2.53. The number of aliphatic hydroxyl groups excluding tert-OH is 1. The van der Waals surface area contributed by atoms with E-state index >= 15 is 0 Å². The number of carbonyl (C=O) groups is 2. The molecule has 9 heteroatoms. The van der Waals surface area contributed by atoms with Gasteiger partial charge in [-0.1, -0.05) is 6.92 Å². The third-order valence-corrected chi connectivity index (χ3v) is 4.94. The lowest BCUT2D eigenvalue weighted by atomic mass is 9.92. The molecule has 5 unspecified atom stereocenters. The molecule has 0 spiro atoms. The van der Waals surface area contributed by atoms with Crippen LogP contribution in [0.2, 0.25) is 0 Å². The number of amides is 2. The van der Waals surface area contributed by atoms with Crippen molar-refractivity contribution >= 4 is 12.0 Å². The van der Waals surface area contributed by atoms with E-state index in [-0.39, 0.29) is 5.92 Å². The highest BCUT2D eigenvalue weighted by atomic mass is 19.4. The summed E-state index contributed by atoms with van der Waals surface area (Å²) in [5.41, 5.74) is -0.738. The molecule has 2 rings (SSSR count). The fourth-order valence-corrected chi connectivity index (χ4v) is 3.99. The molecule has 2 heterocycles. The zero-order valence-corrected chi connectivity index (χ0v) is 15.7. The van der Waals surface area contributed by atoms with Gasteiger partial charge in [-0.15, -0.1) is 0 Å². The SMILES string of the molecule is CC1CC2C(O)C(N(C)C(=O)CC(F)(F)F)C(C1)N2C(=O)OC(C)(C)C. The lowest BCUT2D eigenvalue weighted by molar-refractivity contribution is -0.163. The quantitative estimate of drug-likeness (QED) is 0.799. The molecule has 0 aromatic heterocycles. The number of carbonyl (C=O) groups excluding carboxylic acids is 2. The van der Waals surface area contributed by atoms with Crippen LogP contribution in [0.3, 0.4) is 0 Å². The van der Waals surface area contributed by atoms with Crippen molar-refractivity contribution in [1.82, 2.24) is 9.80 Å². The summed E-state index contributed by atoms with van der Waals surface area (Å²) in [5.74, 6) is -0.944. The monoisotopic (exact) mass is 380 g/mol. The minimum absolute atomic E-state index is 0.175. The minimum atomic E-state index is -4.62.